The van der Waals surface area contributed by atoms with Crippen LogP contribution in [0.2, 0.25) is 0 Å². The zero-order valence-corrected chi connectivity index (χ0v) is 12.0. The Morgan fingerprint density at radius 2 is 2.06 bits per heavy atom. The van der Waals surface area contributed by atoms with E-state index in [1.165, 1.54) is 0 Å². The van der Waals surface area contributed by atoms with Crippen molar-refractivity contribution in [1.29, 1.82) is 0 Å². The van der Waals surface area contributed by atoms with E-state index >= 15 is 0 Å². The molecule has 1 heterocycles. The van der Waals surface area contributed by atoms with Gasteiger partial charge in [0.25, 0.3) is 0 Å². The molecule has 0 fully saturated rings. The Hall–Kier alpha value is -1.42. The molecule has 1 unspecified atom stereocenters. The Morgan fingerprint density at radius 3 is 2.67 bits per heavy atom. The number of halogens is 1. The van der Waals surface area contributed by atoms with Crippen molar-refractivity contribution in [2.45, 2.75) is 26.3 Å². The summed E-state index contributed by atoms with van der Waals surface area (Å²) in [6.45, 7) is 4.59. The highest BCUT2D eigenvalue weighted by Crippen LogP contribution is 2.25. The van der Waals surface area contributed by atoms with Crippen molar-refractivity contribution in [3.8, 4) is 0 Å². The van der Waals surface area contributed by atoms with Crippen LogP contribution in [0.1, 0.15) is 35.8 Å². The topological polar surface area (TPSA) is 34.9 Å². The summed E-state index contributed by atoms with van der Waals surface area (Å²) in [5.41, 5.74) is 1.67. The summed E-state index contributed by atoms with van der Waals surface area (Å²) >= 11 is 3.40. The van der Waals surface area contributed by atoms with Crippen molar-refractivity contribution in [3.05, 3.63) is 52.3 Å². The number of hydrogen-bond donors (Lipinski definition) is 0. The molecule has 1 aromatic heterocycles. The van der Waals surface area contributed by atoms with E-state index in [9.17, 15) is 4.79 Å². The third-order valence-electron chi connectivity index (χ3n) is 3.02. The van der Waals surface area contributed by atoms with Crippen LogP contribution in [0.3, 0.4) is 0 Å². The van der Waals surface area contributed by atoms with Crippen LogP contribution in [0.5, 0.6) is 0 Å². The highest BCUT2D eigenvalue weighted by Gasteiger charge is 2.23. The number of aromatic nitrogens is 2. The maximum absolute atomic E-state index is 12.5. The average Bonchev–Trinajstić information content (AvgIpc) is 2.79. The van der Waals surface area contributed by atoms with Crippen LogP contribution in [0, 0.1) is 0 Å². The first-order valence-electron chi connectivity index (χ1n) is 5.95. The van der Waals surface area contributed by atoms with Crippen LogP contribution in [0.4, 0.5) is 0 Å². The number of aryl methyl sites for hydroxylation is 1. The summed E-state index contributed by atoms with van der Waals surface area (Å²) < 4.78 is 2.49. The molecule has 0 saturated heterocycles. The minimum Gasteiger partial charge on any atom is -0.292 e. The first kappa shape index (κ1) is 13.0. The fourth-order valence-corrected chi connectivity index (χ4v) is 2.44. The van der Waals surface area contributed by atoms with Gasteiger partial charge in [-0.1, -0.05) is 37.3 Å². The normalized spacial score (nSPS) is 12.4. The SMILES string of the molecule is CCn1ncc(Br)c1C(=O)C(C)c1ccccc1. The summed E-state index contributed by atoms with van der Waals surface area (Å²) in [6, 6.07) is 9.80. The lowest BCUT2D eigenvalue weighted by Gasteiger charge is -2.12. The molecule has 94 valence electrons. The standard InChI is InChI=1S/C14H15BrN2O/c1-3-17-13(12(15)9-16-17)14(18)10(2)11-7-5-4-6-8-11/h4-10H,3H2,1-2H3. The molecular formula is C14H15BrN2O. The molecule has 0 aliphatic rings. The van der Waals surface area contributed by atoms with Crippen molar-refractivity contribution in [2.75, 3.05) is 0 Å². The zero-order valence-electron chi connectivity index (χ0n) is 10.4. The van der Waals surface area contributed by atoms with Gasteiger partial charge in [-0.05, 0) is 28.4 Å². The van der Waals surface area contributed by atoms with Crippen molar-refractivity contribution in [2.24, 2.45) is 0 Å². The number of rotatable bonds is 4. The maximum atomic E-state index is 12.5. The third kappa shape index (κ3) is 2.38. The van der Waals surface area contributed by atoms with E-state index in [2.05, 4.69) is 21.0 Å². The largest absolute Gasteiger partial charge is 0.292 e. The van der Waals surface area contributed by atoms with Crippen molar-refractivity contribution in [3.63, 3.8) is 0 Å². The number of benzene rings is 1. The lowest BCUT2D eigenvalue weighted by Crippen LogP contribution is -2.16. The fraction of sp³-hybridized carbons (Fsp3) is 0.286. The molecular weight excluding hydrogens is 292 g/mol. The van der Waals surface area contributed by atoms with E-state index in [-0.39, 0.29) is 11.7 Å². The Kier molecular flexibility index (Phi) is 3.97. The first-order valence-corrected chi connectivity index (χ1v) is 6.75. The van der Waals surface area contributed by atoms with Gasteiger partial charge in [0.2, 0.25) is 0 Å². The van der Waals surface area contributed by atoms with E-state index in [0.717, 1.165) is 10.0 Å². The van der Waals surface area contributed by atoms with Gasteiger partial charge < -0.3 is 0 Å². The Balaban J connectivity index is 2.34. The Labute approximate surface area is 115 Å². The molecule has 1 atom stereocenters. The number of carbonyl (C=O) groups excluding carboxylic acids is 1. The number of hydrogen-bond acceptors (Lipinski definition) is 2. The molecule has 1 aromatic carbocycles. The van der Waals surface area contributed by atoms with E-state index in [1.54, 1.807) is 10.9 Å². The van der Waals surface area contributed by atoms with Crippen LogP contribution >= 0.6 is 15.9 Å². The van der Waals surface area contributed by atoms with Gasteiger partial charge >= 0.3 is 0 Å². The summed E-state index contributed by atoms with van der Waals surface area (Å²) in [4.78, 5) is 12.5. The average molecular weight is 307 g/mol. The molecule has 0 radical (unpaired) electrons. The van der Waals surface area contributed by atoms with E-state index in [1.807, 2.05) is 44.2 Å². The van der Waals surface area contributed by atoms with Crippen LogP contribution in [0.15, 0.2) is 41.0 Å². The van der Waals surface area contributed by atoms with Gasteiger partial charge in [0.15, 0.2) is 5.78 Å². The van der Waals surface area contributed by atoms with Gasteiger partial charge in [-0.15, -0.1) is 0 Å². The molecule has 0 amide bonds. The second-order valence-corrected chi connectivity index (χ2v) is 5.01. The van der Waals surface area contributed by atoms with Gasteiger partial charge in [-0.3, -0.25) is 9.48 Å². The van der Waals surface area contributed by atoms with Gasteiger partial charge in [0, 0.05) is 12.5 Å². The maximum Gasteiger partial charge on any atom is 0.189 e. The molecule has 3 nitrogen and oxygen atoms in total. The second kappa shape index (κ2) is 5.48. The minimum atomic E-state index is -0.163. The van der Waals surface area contributed by atoms with Gasteiger partial charge in [-0.2, -0.15) is 5.10 Å². The first-order chi connectivity index (χ1) is 8.65. The predicted octanol–water partition coefficient (Wildman–Crippen LogP) is 3.65. The molecule has 2 aromatic rings. The van der Waals surface area contributed by atoms with E-state index < -0.39 is 0 Å². The van der Waals surface area contributed by atoms with Crippen LogP contribution in [-0.4, -0.2) is 15.6 Å². The number of carbonyl (C=O) groups is 1. The van der Waals surface area contributed by atoms with Crippen molar-refractivity contribution in [1.82, 2.24) is 9.78 Å². The van der Waals surface area contributed by atoms with E-state index in [4.69, 9.17) is 0 Å². The zero-order chi connectivity index (χ0) is 13.1. The summed E-state index contributed by atoms with van der Waals surface area (Å²) in [5.74, 6) is -0.0723. The molecule has 4 heteroatoms. The Bertz CT molecular complexity index is 548. The summed E-state index contributed by atoms with van der Waals surface area (Å²) in [5, 5.41) is 4.18. The lowest BCUT2D eigenvalue weighted by molar-refractivity contribution is 0.0955. The van der Waals surface area contributed by atoms with E-state index in [0.29, 0.717) is 12.2 Å². The molecule has 0 aliphatic carbocycles. The monoisotopic (exact) mass is 306 g/mol. The lowest BCUT2D eigenvalue weighted by atomic mass is 9.95. The van der Waals surface area contributed by atoms with Gasteiger partial charge in [0.05, 0.1) is 10.7 Å². The molecule has 0 aliphatic heterocycles. The quantitative estimate of drug-likeness (QED) is 0.808. The minimum absolute atomic E-state index is 0.0902. The molecule has 0 spiro atoms. The highest BCUT2D eigenvalue weighted by molar-refractivity contribution is 9.10. The molecule has 18 heavy (non-hydrogen) atoms. The number of Topliss-reactive ketones (excluding diaryl/α,β-unsaturated/α-hetero) is 1. The molecule has 0 saturated carbocycles. The molecule has 2 rings (SSSR count). The van der Waals surface area contributed by atoms with Gasteiger partial charge in [0.1, 0.15) is 5.69 Å². The van der Waals surface area contributed by atoms with Crippen molar-refractivity contribution < 1.29 is 4.79 Å². The molecule has 0 N–H and O–H groups in total. The summed E-state index contributed by atoms with van der Waals surface area (Å²) in [7, 11) is 0. The number of nitrogens with zero attached hydrogens (tertiary/aromatic N) is 2. The highest BCUT2D eigenvalue weighted by atomic mass is 79.9. The Morgan fingerprint density at radius 1 is 1.39 bits per heavy atom. The third-order valence-corrected chi connectivity index (χ3v) is 3.60. The van der Waals surface area contributed by atoms with Gasteiger partial charge in [-0.25, -0.2) is 0 Å². The van der Waals surface area contributed by atoms with Crippen LogP contribution < -0.4 is 0 Å². The summed E-state index contributed by atoms with van der Waals surface area (Å²) in [6.07, 6.45) is 1.68. The number of ketones is 1. The fourth-order valence-electron chi connectivity index (χ4n) is 1.95. The predicted molar refractivity (Wildman–Crippen MR) is 74.8 cm³/mol. The smallest absolute Gasteiger partial charge is 0.189 e. The van der Waals surface area contributed by atoms with Crippen LogP contribution in [0.25, 0.3) is 0 Å². The van der Waals surface area contributed by atoms with Crippen LogP contribution in [-0.2, 0) is 6.54 Å². The molecule has 0 bridgehead atoms. The second-order valence-electron chi connectivity index (χ2n) is 4.15. The van der Waals surface area contributed by atoms with Crippen molar-refractivity contribution >= 4 is 21.7 Å².